The first kappa shape index (κ1) is 10.2. The monoisotopic (exact) mass is 200 g/mol. The van der Waals surface area contributed by atoms with Gasteiger partial charge in [0.1, 0.15) is 0 Å². The number of hydrogen-bond donors (Lipinski definition) is 0. The fourth-order valence-electron chi connectivity index (χ4n) is 1.76. The molecule has 0 spiro atoms. The van der Waals surface area contributed by atoms with Gasteiger partial charge >= 0.3 is 6.18 Å². The zero-order valence-corrected chi connectivity index (χ0v) is 7.89. The molecule has 72 valence electrons. The average molecular weight is 201 g/mol. The van der Waals surface area contributed by atoms with E-state index in [9.17, 15) is 13.2 Å². The molecular weight excluding hydrogens is 189 g/mol. The van der Waals surface area contributed by atoms with Gasteiger partial charge in [-0.05, 0) is 17.3 Å². The topological polar surface area (TPSA) is 0 Å². The Morgan fingerprint density at radius 2 is 1.75 bits per heavy atom. The molecule has 0 aromatic rings. The van der Waals surface area contributed by atoms with E-state index in [0.717, 1.165) is 0 Å². The van der Waals surface area contributed by atoms with Crippen LogP contribution in [0.4, 0.5) is 13.2 Å². The Bertz CT molecular complexity index is 185. The zero-order valence-electron chi connectivity index (χ0n) is 7.13. The molecule has 1 atom stereocenters. The lowest BCUT2D eigenvalue weighted by atomic mass is 9.94. The summed E-state index contributed by atoms with van der Waals surface area (Å²) in [5, 5.41) is 0. The maximum atomic E-state index is 12.1. The molecule has 0 heterocycles. The molecule has 0 radical (unpaired) electrons. The van der Waals surface area contributed by atoms with Crippen LogP contribution in [0.25, 0.3) is 0 Å². The normalized spacial score (nSPS) is 33.5. The molecule has 1 aliphatic carbocycles. The molecule has 0 aromatic carbocycles. The van der Waals surface area contributed by atoms with Crippen molar-refractivity contribution in [2.24, 2.45) is 10.8 Å². The number of rotatable bonds is 2. The first-order chi connectivity index (χ1) is 5.22. The molecule has 1 fully saturated rings. The Hall–Kier alpha value is 0.0800. The Kier molecular flexibility index (Phi) is 2.15. The summed E-state index contributed by atoms with van der Waals surface area (Å²) in [4.78, 5) is 0. The van der Waals surface area contributed by atoms with Crippen LogP contribution >= 0.6 is 11.6 Å². The second-order valence-electron chi connectivity index (χ2n) is 4.27. The van der Waals surface area contributed by atoms with E-state index >= 15 is 0 Å². The maximum absolute atomic E-state index is 12.1. The highest BCUT2D eigenvalue weighted by Gasteiger charge is 2.63. The molecule has 0 nitrogen and oxygen atoms in total. The molecule has 0 amide bonds. The molecule has 4 heteroatoms. The Balaban J connectivity index is 2.62. The van der Waals surface area contributed by atoms with Crippen molar-refractivity contribution in [1.29, 1.82) is 0 Å². The lowest BCUT2D eigenvalue weighted by Crippen LogP contribution is -2.21. The summed E-state index contributed by atoms with van der Waals surface area (Å²) in [6, 6.07) is 0. The minimum Gasteiger partial charge on any atom is -0.171 e. The predicted molar refractivity (Wildman–Crippen MR) is 42.2 cm³/mol. The summed E-state index contributed by atoms with van der Waals surface area (Å²) >= 11 is 5.55. The molecule has 0 N–H and O–H groups in total. The highest BCUT2D eigenvalue weighted by molar-refractivity contribution is 6.18. The van der Waals surface area contributed by atoms with Gasteiger partial charge in [-0.2, -0.15) is 13.2 Å². The third kappa shape index (κ3) is 1.70. The molecule has 0 bridgehead atoms. The molecule has 1 saturated carbocycles. The van der Waals surface area contributed by atoms with E-state index < -0.39 is 18.0 Å². The van der Waals surface area contributed by atoms with Crippen LogP contribution in [0.15, 0.2) is 0 Å². The second-order valence-corrected chi connectivity index (χ2v) is 4.53. The summed E-state index contributed by atoms with van der Waals surface area (Å²) < 4.78 is 36.2. The van der Waals surface area contributed by atoms with Gasteiger partial charge in [-0.3, -0.25) is 0 Å². The summed E-state index contributed by atoms with van der Waals surface area (Å²) in [5.74, 6) is 0.111. The third-order valence-corrected chi connectivity index (χ3v) is 3.40. The second kappa shape index (κ2) is 2.53. The molecular formula is C8H12ClF3. The van der Waals surface area contributed by atoms with Crippen LogP contribution in [0.2, 0.25) is 0 Å². The quantitative estimate of drug-likeness (QED) is 0.598. The predicted octanol–water partition coefficient (Wildman–Crippen LogP) is 3.59. The third-order valence-electron chi connectivity index (χ3n) is 2.89. The fraction of sp³-hybridized carbons (Fsp3) is 1.00. The van der Waals surface area contributed by atoms with E-state index in [2.05, 4.69) is 0 Å². The summed E-state index contributed by atoms with van der Waals surface area (Å²) in [6.45, 7) is 3.67. The first-order valence-electron chi connectivity index (χ1n) is 3.85. The number of halogens is 4. The van der Waals surface area contributed by atoms with Crippen LogP contribution in [0.1, 0.15) is 26.7 Å². The summed E-state index contributed by atoms with van der Waals surface area (Å²) in [7, 11) is 0. The minimum absolute atomic E-state index is 0.111. The van der Waals surface area contributed by atoms with E-state index in [1.807, 2.05) is 13.8 Å². The largest absolute Gasteiger partial charge is 0.389 e. The minimum atomic E-state index is -4.08. The van der Waals surface area contributed by atoms with E-state index in [1.165, 1.54) is 0 Å². The lowest BCUT2D eigenvalue weighted by molar-refractivity contribution is -0.148. The fourth-order valence-corrected chi connectivity index (χ4v) is 2.31. The van der Waals surface area contributed by atoms with E-state index in [1.54, 1.807) is 0 Å². The van der Waals surface area contributed by atoms with Crippen molar-refractivity contribution in [3.8, 4) is 0 Å². The van der Waals surface area contributed by atoms with Crippen LogP contribution < -0.4 is 0 Å². The molecule has 0 aliphatic heterocycles. The van der Waals surface area contributed by atoms with Gasteiger partial charge in [0.25, 0.3) is 0 Å². The van der Waals surface area contributed by atoms with Gasteiger partial charge in [-0.1, -0.05) is 13.8 Å². The van der Waals surface area contributed by atoms with Gasteiger partial charge < -0.3 is 0 Å². The van der Waals surface area contributed by atoms with Crippen molar-refractivity contribution >= 4 is 11.6 Å². The Morgan fingerprint density at radius 1 is 1.33 bits per heavy atom. The molecule has 0 saturated heterocycles. The van der Waals surface area contributed by atoms with Crippen molar-refractivity contribution < 1.29 is 13.2 Å². The van der Waals surface area contributed by atoms with Crippen molar-refractivity contribution in [2.45, 2.75) is 32.9 Å². The van der Waals surface area contributed by atoms with Gasteiger partial charge in [0.05, 0.1) is 6.42 Å². The Labute approximate surface area is 75.1 Å². The van der Waals surface area contributed by atoms with Gasteiger partial charge in [-0.15, -0.1) is 11.6 Å². The summed E-state index contributed by atoms with van der Waals surface area (Å²) in [5.41, 5.74) is -0.920. The van der Waals surface area contributed by atoms with Crippen LogP contribution in [0.3, 0.4) is 0 Å². The van der Waals surface area contributed by atoms with Crippen LogP contribution in [0, 0.1) is 10.8 Å². The van der Waals surface area contributed by atoms with Crippen LogP contribution in [0.5, 0.6) is 0 Å². The number of hydrogen-bond acceptors (Lipinski definition) is 0. The first-order valence-corrected chi connectivity index (χ1v) is 4.39. The van der Waals surface area contributed by atoms with Gasteiger partial charge in [0.2, 0.25) is 0 Å². The average Bonchev–Trinajstić information content (AvgIpc) is 2.30. The van der Waals surface area contributed by atoms with Gasteiger partial charge in [0, 0.05) is 5.88 Å². The SMILES string of the molecule is CC1(C)CC1(CCl)CC(F)(F)F. The summed E-state index contributed by atoms with van der Waals surface area (Å²) in [6.07, 6.45) is -4.23. The molecule has 1 rings (SSSR count). The standard InChI is InChI=1S/C8H12ClF3/c1-6(2)3-7(6,5-9)4-8(10,11)12/h3-5H2,1-2H3. The highest BCUT2D eigenvalue weighted by Crippen LogP contribution is 2.67. The zero-order chi connectivity index (χ0) is 9.62. The van der Waals surface area contributed by atoms with E-state index in [4.69, 9.17) is 11.6 Å². The maximum Gasteiger partial charge on any atom is 0.389 e. The number of alkyl halides is 4. The van der Waals surface area contributed by atoms with Crippen molar-refractivity contribution in [1.82, 2.24) is 0 Å². The van der Waals surface area contributed by atoms with E-state index in [0.29, 0.717) is 6.42 Å². The van der Waals surface area contributed by atoms with Gasteiger partial charge in [-0.25, -0.2) is 0 Å². The van der Waals surface area contributed by atoms with Crippen molar-refractivity contribution in [2.75, 3.05) is 5.88 Å². The molecule has 12 heavy (non-hydrogen) atoms. The van der Waals surface area contributed by atoms with Gasteiger partial charge in [0.15, 0.2) is 0 Å². The molecule has 1 unspecified atom stereocenters. The van der Waals surface area contributed by atoms with Crippen molar-refractivity contribution in [3.63, 3.8) is 0 Å². The van der Waals surface area contributed by atoms with Crippen LogP contribution in [-0.4, -0.2) is 12.1 Å². The smallest absolute Gasteiger partial charge is 0.171 e. The van der Waals surface area contributed by atoms with E-state index in [-0.39, 0.29) is 11.3 Å². The lowest BCUT2D eigenvalue weighted by Gasteiger charge is -2.18. The molecule has 1 aliphatic rings. The Morgan fingerprint density at radius 3 is 1.83 bits per heavy atom. The molecule has 0 aromatic heterocycles. The highest BCUT2D eigenvalue weighted by atomic mass is 35.5. The van der Waals surface area contributed by atoms with Crippen molar-refractivity contribution in [3.05, 3.63) is 0 Å². The van der Waals surface area contributed by atoms with Crippen LogP contribution in [-0.2, 0) is 0 Å².